The zero-order valence-electron chi connectivity index (χ0n) is 16.9. The van der Waals surface area contributed by atoms with Crippen molar-refractivity contribution < 1.29 is 18.7 Å². The van der Waals surface area contributed by atoms with Gasteiger partial charge in [0.2, 0.25) is 5.82 Å². The summed E-state index contributed by atoms with van der Waals surface area (Å²) in [4.78, 5) is 6.62. The predicted octanol–water partition coefficient (Wildman–Crippen LogP) is 4.25. The molecular weight excluding hydrogens is 370 g/mol. The number of rotatable bonds is 6. The van der Waals surface area contributed by atoms with E-state index in [4.69, 9.17) is 18.7 Å². The van der Waals surface area contributed by atoms with Crippen LogP contribution >= 0.6 is 0 Å². The van der Waals surface area contributed by atoms with E-state index in [1.54, 1.807) is 7.11 Å². The number of methoxy groups -OCH3 is 1. The highest BCUT2D eigenvalue weighted by Crippen LogP contribution is 2.35. The van der Waals surface area contributed by atoms with Gasteiger partial charge >= 0.3 is 0 Å². The molecule has 0 spiro atoms. The fourth-order valence-corrected chi connectivity index (χ4v) is 3.37. The van der Waals surface area contributed by atoms with Crippen LogP contribution in [0.5, 0.6) is 11.5 Å². The van der Waals surface area contributed by atoms with E-state index < -0.39 is 5.60 Å². The maximum atomic E-state index is 5.97. The van der Waals surface area contributed by atoms with Gasteiger partial charge in [0.05, 0.1) is 0 Å². The van der Waals surface area contributed by atoms with E-state index in [0.717, 1.165) is 22.7 Å². The van der Waals surface area contributed by atoms with Crippen molar-refractivity contribution in [1.82, 2.24) is 10.1 Å². The molecule has 4 rings (SSSR count). The van der Waals surface area contributed by atoms with Crippen LogP contribution in [-0.4, -0.2) is 44.6 Å². The lowest BCUT2D eigenvalue weighted by atomic mass is 9.94. The van der Waals surface area contributed by atoms with Crippen LogP contribution in [0.1, 0.15) is 18.7 Å². The quantitative estimate of drug-likeness (QED) is 0.618. The van der Waals surface area contributed by atoms with Crippen LogP contribution in [-0.2, 0) is 15.1 Å². The second-order valence-corrected chi connectivity index (χ2v) is 7.25. The van der Waals surface area contributed by atoms with Crippen molar-refractivity contribution in [1.29, 1.82) is 0 Å². The topological polar surface area (TPSA) is 69.9 Å². The molecule has 1 aliphatic rings. The van der Waals surface area contributed by atoms with Gasteiger partial charge < -0.3 is 23.6 Å². The number of hydrogen-bond donors (Lipinski definition) is 0. The Hall–Kier alpha value is -2.90. The zero-order valence-corrected chi connectivity index (χ0v) is 16.9. The average molecular weight is 395 g/mol. The van der Waals surface area contributed by atoms with E-state index in [0.29, 0.717) is 37.8 Å². The third-order valence-electron chi connectivity index (χ3n) is 5.19. The van der Waals surface area contributed by atoms with Crippen molar-refractivity contribution in [3.05, 3.63) is 54.4 Å². The molecular formula is C22H25N3O4. The molecule has 1 fully saturated rings. The molecule has 0 unspecified atom stereocenters. The summed E-state index contributed by atoms with van der Waals surface area (Å²) in [5.41, 5.74) is 1.37. The maximum absolute atomic E-state index is 5.97. The molecule has 3 aromatic rings. The van der Waals surface area contributed by atoms with Gasteiger partial charge in [-0.25, -0.2) is 0 Å². The van der Waals surface area contributed by atoms with Crippen molar-refractivity contribution in [2.75, 3.05) is 39.3 Å². The third kappa shape index (κ3) is 4.11. The van der Waals surface area contributed by atoms with Crippen LogP contribution in [0.3, 0.4) is 0 Å². The van der Waals surface area contributed by atoms with Gasteiger partial charge in [-0.15, -0.1) is 0 Å². The molecule has 1 saturated heterocycles. The van der Waals surface area contributed by atoms with Crippen molar-refractivity contribution in [3.63, 3.8) is 0 Å². The van der Waals surface area contributed by atoms with Gasteiger partial charge in [0.15, 0.2) is 5.60 Å². The molecule has 152 valence electrons. The van der Waals surface area contributed by atoms with E-state index >= 15 is 0 Å². The summed E-state index contributed by atoms with van der Waals surface area (Å²) in [6, 6.07) is 15.6. The largest absolute Gasteiger partial charge is 0.457 e. The first-order valence-electron chi connectivity index (χ1n) is 9.62. The minimum Gasteiger partial charge on any atom is -0.457 e. The van der Waals surface area contributed by atoms with Gasteiger partial charge in [0.1, 0.15) is 11.5 Å². The molecule has 2 aromatic carbocycles. The molecule has 1 aliphatic heterocycles. The number of anilines is 1. The molecule has 0 saturated carbocycles. The van der Waals surface area contributed by atoms with Crippen LogP contribution in [0.4, 0.5) is 5.69 Å². The Morgan fingerprint density at radius 2 is 1.76 bits per heavy atom. The zero-order chi connectivity index (χ0) is 20.3. The molecule has 0 amide bonds. The van der Waals surface area contributed by atoms with Crippen LogP contribution in [0, 0.1) is 0 Å². The lowest BCUT2D eigenvalue weighted by Gasteiger charge is -2.32. The first kappa shape index (κ1) is 19.4. The molecule has 0 N–H and O–H groups in total. The van der Waals surface area contributed by atoms with Gasteiger partial charge in [-0.1, -0.05) is 11.2 Å². The van der Waals surface area contributed by atoms with E-state index in [9.17, 15) is 0 Å². The average Bonchev–Trinajstić information content (AvgIpc) is 3.26. The van der Waals surface area contributed by atoms with Crippen molar-refractivity contribution in [2.45, 2.75) is 18.4 Å². The van der Waals surface area contributed by atoms with Crippen LogP contribution in [0.2, 0.25) is 0 Å². The minimum absolute atomic E-state index is 0.499. The minimum atomic E-state index is -0.565. The van der Waals surface area contributed by atoms with Crippen molar-refractivity contribution in [3.8, 4) is 22.9 Å². The highest BCUT2D eigenvalue weighted by Gasteiger charge is 2.40. The Labute approximate surface area is 170 Å². The van der Waals surface area contributed by atoms with Crippen molar-refractivity contribution in [2.24, 2.45) is 0 Å². The molecule has 0 radical (unpaired) electrons. The lowest BCUT2D eigenvalue weighted by molar-refractivity contribution is -0.111. The molecule has 0 atom stereocenters. The summed E-state index contributed by atoms with van der Waals surface area (Å²) in [6.07, 6.45) is 1.40. The Morgan fingerprint density at radius 3 is 2.45 bits per heavy atom. The fourth-order valence-electron chi connectivity index (χ4n) is 3.37. The second-order valence-electron chi connectivity index (χ2n) is 7.25. The lowest BCUT2D eigenvalue weighted by Crippen LogP contribution is -2.35. The van der Waals surface area contributed by atoms with Gasteiger partial charge in [-0.2, -0.15) is 4.98 Å². The molecule has 2 heterocycles. The summed E-state index contributed by atoms with van der Waals surface area (Å²) in [7, 11) is 5.68. The van der Waals surface area contributed by atoms with Gasteiger partial charge in [-0.05, 0) is 36.4 Å². The Kier molecular flexibility index (Phi) is 5.51. The Balaban J connectivity index is 1.50. The summed E-state index contributed by atoms with van der Waals surface area (Å²) in [5.74, 6) is 2.56. The van der Waals surface area contributed by atoms with Crippen LogP contribution < -0.4 is 9.64 Å². The number of benzene rings is 2. The summed E-state index contributed by atoms with van der Waals surface area (Å²) in [5, 5.41) is 4.15. The summed E-state index contributed by atoms with van der Waals surface area (Å²) in [6.45, 7) is 1.24. The Morgan fingerprint density at radius 1 is 1.00 bits per heavy atom. The van der Waals surface area contributed by atoms with Gasteiger partial charge in [0.25, 0.3) is 5.89 Å². The summed E-state index contributed by atoms with van der Waals surface area (Å²) >= 11 is 0. The predicted molar refractivity (Wildman–Crippen MR) is 109 cm³/mol. The normalized spacial score (nSPS) is 15.8. The monoisotopic (exact) mass is 395 g/mol. The highest BCUT2D eigenvalue weighted by atomic mass is 16.5. The van der Waals surface area contributed by atoms with Crippen molar-refractivity contribution >= 4 is 5.69 Å². The molecule has 7 heteroatoms. The molecule has 29 heavy (non-hydrogen) atoms. The molecule has 1 aromatic heterocycles. The van der Waals surface area contributed by atoms with Gasteiger partial charge in [0, 0.05) is 64.6 Å². The molecule has 7 nitrogen and oxygen atoms in total. The smallest absolute Gasteiger partial charge is 0.259 e. The first-order valence-corrected chi connectivity index (χ1v) is 9.62. The van der Waals surface area contributed by atoms with Crippen LogP contribution in [0.15, 0.2) is 53.1 Å². The number of hydrogen-bond acceptors (Lipinski definition) is 7. The third-order valence-corrected chi connectivity index (χ3v) is 5.19. The van der Waals surface area contributed by atoms with E-state index in [1.807, 2.05) is 67.5 Å². The Bertz CT molecular complexity index is 947. The van der Waals surface area contributed by atoms with E-state index in [2.05, 4.69) is 10.1 Å². The molecule has 0 bridgehead atoms. The van der Waals surface area contributed by atoms with E-state index in [-0.39, 0.29) is 0 Å². The van der Waals surface area contributed by atoms with Gasteiger partial charge in [-0.3, -0.25) is 0 Å². The summed E-state index contributed by atoms with van der Waals surface area (Å²) < 4.78 is 22.7. The van der Waals surface area contributed by atoms with E-state index in [1.165, 1.54) is 0 Å². The fraction of sp³-hybridized carbons (Fsp3) is 0.364. The number of nitrogens with zero attached hydrogens (tertiary/aromatic N) is 3. The molecule has 0 aliphatic carbocycles. The maximum Gasteiger partial charge on any atom is 0.259 e. The number of aromatic nitrogens is 2. The van der Waals surface area contributed by atoms with Crippen LogP contribution in [0.25, 0.3) is 11.4 Å². The first-order chi connectivity index (χ1) is 14.1. The second kappa shape index (κ2) is 8.23. The SMILES string of the molecule is COC1(c2nc(-c3ccc(Oc4cccc(N(C)C)c4)cc3)no2)CCOCC1. The standard InChI is InChI=1S/C22H25N3O4/c1-25(2)17-5-4-6-19(15-17)28-18-9-7-16(8-10-18)20-23-21(29-24-20)22(26-3)11-13-27-14-12-22/h4-10,15H,11-14H2,1-3H3. The number of ether oxygens (including phenoxy) is 3. The highest BCUT2D eigenvalue weighted by molar-refractivity contribution is 5.56.